The van der Waals surface area contributed by atoms with E-state index >= 15 is 0 Å². The van der Waals surface area contributed by atoms with Crippen LogP contribution in [-0.2, 0) is 6.54 Å². The van der Waals surface area contributed by atoms with Crippen LogP contribution in [0.3, 0.4) is 0 Å². The van der Waals surface area contributed by atoms with Gasteiger partial charge in [0.05, 0.1) is 19.3 Å². The summed E-state index contributed by atoms with van der Waals surface area (Å²) in [6, 6.07) is 5.94. The van der Waals surface area contributed by atoms with E-state index < -0.39 is 0 Å². The molecule has 6 heteroatoms. The normalized spacial score (nSPS) is 10.2. The maximum absolute atomic E-state index is 5.42. The lowest BCUT2D eigenvalue weighted by molar-refractivity contribution is 0.414. The van der Waals surface area contributed by atoms with Gasteiger partial charge in [0, 0.05) is 12.2 Å². The van der Waals surface area contributed by atoms with Gasteiger partial charge in [0.1, 0.15) is 6.33 Å². The second-order valence-electron chi connectivity index (χ2n) is 4.65. The number of methoxy groups -OCH3 is 1. The van der Waals surface area contributed by atoms with E-state index in [2.05, 4.69) is 32.5 Å². The van der Waals surface area contributed by atoms with Crippen molar-refractivity contribution in [1.29, 1.82) is 0 Å². The van der Waals surface area contributed by atoms with Gasteiger partial charge in [-0.2, -0.15) is 0 Å². The molecule has 0 saturated carbocycles. The summed E-state index contributed by atoms with van der Waals surface area (Å²) in [5.41, 5.74) is 1.95. The predicted octanol–water partition coefficient (Wildman–Crippen LogP) is 2.62. The molecular weight excluding hydrogens is 266 g/mol. The minimum atomic E-state index is 0.586. The molecule has 21 heavy (non-hydrogen) atoms. The highest BCUT2D eigenvalue weighted by molar-refractivity contribution is 5.63. The minimum absolute atomic E-state index is 0.586. The van der Waals surface area contributed by atoms with Gasteiger partial charge in [0.2, 0.25) is 5.75 Å². The van der Waals surface area contributed by atoms with Gasteiger partial charge < -0.3 is 15.4 Å². The van der Waals surface area contributed by atoms with Gasteiger partial charge >= 0.3 is 0 Å². The van der Waals surface area contributed by atoms with Crippen molar-refractivity contribution in [3.8, 4) is 5.75 Å². The Morgan fingerprint density at radius 1 is 1.14 bits per heavy atom. The molecular formula is C15H21N5O. The first-order valence-corrected chi connectivity index (χ1v) is 7.03. The minimum Gasteiger partial charge on any atom is -0.490 e. The molecule has 0 aliphatic heterocycles. The molecule has 0 atom stereocenters. The van der Waals surface area contributed by atoms with Gasteiger partial charge in [-0.15, -0.1) is 0 Å². The Morgan fingerprint density at radius 2 is 1.90 bits per heavy atom. The van der Waals surface area contributed by atoms with Crippen LogP contribution in [0.1, 0.15) is 24.7 Å². The van der Waals surface area contributed by atoms with E-state index in [1.165, 1.54) is 6.33 Å². The van der Waals surface area contributed by atoms with E-state index in [1.807, 2.05) is 25.1 Å². The van der Waals surface area contributed by atoms with E-state index in [0.29, 0.717) is 23.9 Å². The standard InChI is InChI=1S/C15H21N5O/c1-4-8-16-14-13(21-3)15(19-10-18-14)17-9-12-7-5-6-11(2)20-12/h5-7,10H,4,8-9H2,1-3H3,(H2,16,17,18,19). The second-order valence-corrected chi connectivity index (χ2v) is 4.65. The number of aryl methyl sites for hydroxylation is 1. The van der Waals surface area contributed by atoms with Crippen molar-refractivity contribution in [1.82, 2.24) is 15.0 Å². The van der Waals surface area contributed by atoms with E-state index in [1.54, 1.807) is 7.11 Å². The molecule has 0 aliphatic carbocycles. The summed E-state index contributed by atoms with van der Waals surface area (Å²) in [7, 11) is 1.62. The molecule has 0 radical (unpaired) electrons. The Bertz CT molecular complexity index is 588. The molecule has 0 saturated heterocycles. The lowest BCUT2D eigenvalue weighted by Gasteiger charge is -2.13. The molecule has 0 unspecified atom stereocenters. The number of ether oxygens (including phenoxy) is 1. The number of nitrogens with zero attached hydrogens (tertiary/aromatic N) is 3. The summed E-state index contributed by atoms with van der Waals surface area (Å²) < 4.78 is 5.42. The number of anilines is 2. The summed E-state index contributed by atoms with van der Waals surface area (Å²) in [6.07, 6.45) is 2.54. The van der Waals surface area contributed by atoms with E-state index in [9.17, 15) is 0 Å². The fourth-order valence-corrected chi connectivity index (χ4v) is 1.93. The molecule has 2 N–H and O–H groups in total. The summed E-state index contributed by atoms with van der Waals surface area (Å²) in [6.45, 7) is 5.50. The largest absolute Gasteiger partial charge is 0.490 e. The van der Waals surface area contributed by atoms with Crippen molar-refractivity contribution in [3.05, 3.63) is 35.9 Å². The number of nitrogens with one attached hydrogen (secondary N) is 2. The van der Waals surface area contributed by atoms with Gasteiger partial charge in [-0.1, -0.05) is 13.0 Å². The molecule has 0 amide bonds. The highest BCUT2D eigenvalue weighted by Crippen LogP contribution is 2.29. The fourth-order valence-electron chi connectivity index (χ4n) is 1.93. The first-order chi connectivity index (χ1) is 10.2. The smallest absolute Gasteiger partial charge is 0.204 e. The molecule has 0 aromatic carbocycles. The Hall–Kier alpha value is -2.37. The van der Waals surface area contributed by atoms with Crippen molar-refractivity contribution in [2.45, 2.75) is 26.8 Å². The third-order valence-electron chi connectivity index (χ3n) is 2.93. The molecule has 112 valence electrons. The van der Waals surface area contributed by atoms with Crippen LogP contribution in [0.15, 0.2) is 24.5 Å². The van der Waals surface area contributed by atoms with Crippen molar-refractivity contribution in [2.24, 2.45) is 0 Å². The van der Waals surface area contributed by atoms with Crippen LogP contribution in [0.4, 0.5) is 11.6 Å². The zero-order chi connectivity index (χ0) is 15.1. The van der Waals surface area contributed by atoms with E-state index in [0.717, 1.165) is 24.4 Å². The first-order valence-electron chi connectivity index (χ1n) is 7.03. The monoisotopic (exact) mass is 287 g/mol. The van der Waals surface area contributed by atoms with Crippen LogP contribution in [0.25, 0.3) is 0 Å². The Labute approximate surface area is 125 Å². The van der Waals surface area contributed by atoms with Gasteiger partial charge in [0.25, 0.3) is 0 Å². The first kappa shape index (κ1) is 15.0. The molecule has 2 aromatic heterocycles. The van der Waals surface area contributed by atoms with E-state index in [-0.39, 0.29) is 0 Å². The van der Waals surface area contributed by atoms with Crippen molar-refractivity contribution >= 4 is 11.6 Å². The lowest BCUT2D eigenvalue weighted by Crippen LogP contribution is -2.09. The fraction of sp³-hybridized carbons (Fsp3) is 0.400. The maximum Gasteiger partial charge on any atom is 0.204 e. The zero-order valence-corrected chi connectivity index (χ0v) is 12.7. The zero-order valence-electron chi connectivity index (χ0n) is 12.7. The van der Waals surface area contributed by atoms with Gasteiger partial charge in [-0.25, -0.2) is 9.97 Å². The highest BCUT2D eigenvalue weighted by Gasteiger charge is 2.11. The van der Waals surface area contributed by atoms with E-state index in [4.69, 9.17) is 4.74 Å². The number of pyridine rings is 1. The summed E-state index contributed by atoms with van der Waals surface area (Å²) in [4.78, 5) is 12.9. The third-order valence-corrected chi connectivity index (χ3v) is 2.93. The molecule has 2 heterocycles. The SMILES string of the molecule is CCCNc1ncnc(NCc2cccc(C)n2)c1OC. The Kier molecular flexibility index (Phi) is 5.31. The molecule has 0 fully saturated rings. The Balaban J connectivity index is 2.12. The van der Waals surface area contributed by atoms with Crippen LogP contribution in [0.2, 0.25) is 0 Å². The molecule has 6 nitrogen and oxygen atoms in total. The summed E-state index contributed by atoms with van der Waals surface area (Å²) in [5.74, 6) is 1.99. The molecule has 0 bridgehead atoms. The summed E-state index contributed by atoms with van der Waals surface area (Å²) >= 11 is 0. The van der Waals surface area contributed by atoms with Crippen LogP contribution in [-0.4, -0.2) is 28.6 Å². The topological polar surface area (TPSA) is 72.0 Å². The van der Waals surface area contributed by atoms with Gasteiger partial charge in [0.15, 0.2) is 11.6 Å². The van der Waals surface area contributed by atoms with Gasteiger partial charge in [-0.3, -0.25) is 4.98 Å². The van der Waals surface area contributed by atoms with Crippen LogP contribution in [0.5, 0.6) is 5.75 Å². The average molecular weight is 287 g/mol. The number of rotatable bonds is 7. The van der Waals surface area contributed by atoms with Crippen molar-refractivity contribution in [3.63, 3.8) is 0 Å². The highest BCUT2D eigenvalue weighted by atomic mass is 16.5. The number of hydrogen-bond donors (Lipinski definition) is 2. The summed E-state index contributed by atoms with van der Waals surface area (Å²) in [5, 5.41) is 6.48. The van der Waals surface area contributed by atoms with Crippen LogP contribution < -0.4 is 15.4 Å². The number of aromatic nitrogens is 3. The predicted molar refractivity (Wildman–Crippen MR) is 83.7 cm³/mol. The van der Waals surface area contributed by atoms with Crippen LogP contribution in [0, 0.1) is 6.92 Å². The quantitative estimate of drug-likeness (QED) is 0.815. The average Bonchev–Trinajstić information content (AvgIpc) is 2.50. The Morgan fingerprint density at radius 3 is 2.57 bits per heavy atom. The lowest BCUT2D eigenvalue weighted by atomic mass is 10.3. The van der Waals surface area contributed by atoms with Crippen molar-refractivity contribution < 1.29 is 4.74 Å². The molecule has 2 aromatic rings. The molecule has 2 rings (SSSR count). The maximum atomic E-state index is 5.42. The molecule has 0 aliphatic rings. The molecule has 0 spiro atoms. The van der Waals surface area contributed by atoms with Crippen LogP contribution >= 0.6 is 0 Å². The third kappa shape index (κ3) is 4.05. The van der Waals surface area contributed by atoms with Crippen molar-refractivity contribution in [2.75, 3.05) is 24.3 Å². The second kappa shape index (κ2) is 7.42. The van der Waals surface area contributed by atoms with Gasteiger partial charge in [-0.05, 0) is 25.5 Å². The number of hydrogen-bond acceptors (Lipinski definition) is 6.